The van der Waals surface area contributed by atoms with Crippen molar-refractivity contribution in [1.82, 2.24) is 10.3 Å². The molecule has 1 aliphatic rings. The van der Waals surface area contributed by atoms with Gasteiger partial charge >= 0.3 is 0 Å². The van der Waals surface area contributed by atoms with Crippen molar-refractivity contribution in [2.45, 2.75) is 12.5 Å². The van der Waals surface area contributed by atoms with Crippen LogP contribution < -0.4 is 10.1 Å². The van der Waals surface area contributed by atoms with Crippen molar-refractivity contribution in [3.8, 4) is 5.75 Å². The molecule has 0 saturated carbocycles. The Morgan fingerprint density at radius 3 is 3.06 bits per heavy atom. The summed E-state index contributed by atoms with van der Waals surface area (Å²) in [7, 11) is 0. The minimum atomic E-state index is 0.261. The highest BCUT2D eigenvalue weighted by molar-refractivity contribution is 5.88. The average Bonchev–Trinajstić information content (AvgIpc) is 2.96. The lowest BCUT2D eigenvalue weighted by atomic mass is 10.2. The fourth-order valence-corrected chi connectivity index (χ4v) is 2.19. The Hall–Kier alpha value is -1.81. The van der Waals surface area contributed by atoms with Crippen LogP contribution in [0.25, 0.3) is 10.9 Å². The first-order valence-electron chi connectivity index (χ1n) is 5.80. The van der Waals surface area contributed by atoms with Gasteiger partial charge in [0.2, 0.25) is 0 Å². The largest absolute Gasteiger partial charge is 0.489 e. The van der Waals surface area contributed by atoms with E-state index in [2.05, 4.69) is 10.3 Å². The minimum Gasteiger partial charge on any atom is -0.489 e. The van der Waals surface area contributed by atoms with E-state index in [4.69, 9.17) is 4.74 Å². The van der Waals surface area contributed by atoms with E-state index in [1.54, 1.807) is 0 Å². The molecule has 1 aliphatic heterocycles. The topological polar surface area (TPSA) is 54.1 Å². The van der Waals surface area contributed by atoms with Crippen LogP contribution in [0.1, 0.15) is 16.9 Å². The molecule has 0 aliphatic carbocycles. The third-order valence-corrected chi connectivity index (χ3v) is 3.06. The second kappa shape index (κ2) is 4.22. The highest BCUT2D eigenvalue weighted by Gasteiger charge is 2.15. The Morgan fingerprint density at radius 1 is 1.35 bits per heavy atom. The van der Waals surface area contributed by atoms with E-state index in [0.717, 1.165) is 42.4 Å². The average molecular weight is 230 g/mol. The van der Waals surface area contributed by atoms with Crippen LogP contribution in [0.15, 0.2) is 24.3 Å². The summed E-state index contributed by atoms with van der Waals surface area (Å²) in [5, 5.41) is 4.28. The molecule has 4 heteroatoms. The third kappa shape index (κ3) is 2.03. The first-order chi connectivity index (χ1) is 8.35. The van der Waals surface area contributed by atoms with Crippen molar-refractivity contribution in [2.24, 2.45) is 0 Å². The predicted octanol–water partition coefficient (Wildman–Crippen LogP) is 1.72. The van der Waals surface area contributed by atoms with Crippen molar-refractivity contribution < 1.29 is 9.53 Å². The molecule has 1 fully saturated rings. The quantitative estimate of drug-likeness (QED) is 0.789. The van der Waals surface area contributed by atoms with Crippen LogP contribution in [0, 0.1) is 0 Å². The summed E-state index contributed by atoms with van der Waals surface area (Å²) in [5.74, 6) is 0.864. The van der Waals surface area contributed by atoms with Crippen LogP contribution in [-0.2, 0) is 0 Å². The van der Waals surface area contributed by atoms with Gasteiger partial charge in [-0.3, -0.25) is 4.79 Å². The third-order valence-electron chi connectivity index (χ3n) is 3.06. The van der Waals surface area contributed by atoms with Gasteiger partial charge in [0.25, 0.3) is 0 Å². The summed E-state index contributed by atoms with van der Waals surface area (Å²) in [5.41, 5.74) is 1.56. The van der Waals surface area contributed by atoms with Crippen LogP contribution in [0.2, 0.25) is 0 Å². The van der Waals surface area contributed by atoms with Crippen molar-refractivity contribution in [2.75, 3.05) is 13.1 Å². The van der Waals surface area contributed by atoms with E-state index < -0.39 is 0 Å². The molecule has 0 radical (unpaired) electrons. The number of aromatic amines is 1. The molecule has 0 bridgehead atoms. The molecule has 2 aromatic rings. The number of benzene rings is 1. The summed E-state index contributed by atoms with van der Waals surface area (Å²) in [4.78, 5) is 13.7. The van der Waals surface area contributed by atoms with Crippen LogP contribution in [0.4, 0.5) is 0 Å². The summed E-state index contributed by atoms with van der Waals surface area (Å²) in [6, 6.07) is 7.69. The van der Waals surface area contributed by atoms with Crippen molar-refractivity contribution >= 4 is 17.2 Å². The van der Waals surface area contributed by atoms with E-state index in [1.165, 1.54) is 0 Å². The molecule has 0 amide bonds. The number of hydrogen-bond acceptors (Lipinski definition) is 3. The first-order valence-corrected chi connectivity index (χ1v) is 5.80. The zero-order valence-electron chi connectivity index (χ0n) is 9.40. The maximum atomic E-state index is 10.7. The number of hydrogen-bond donors (Lipinski definition) is 2. The highest BCUT2D eigenvalue weighted by atomic mass is 16.5. The minimum absolute atomic E-state index is 0.261. The molecule has 88 valence electrons. The number of carbonyl (C=O) groups is 1. The molecule has 0 spiro atoms. The first kappa shape index (κ1) is 10.4. The molecule has 0 unspecified atom stereocenters. The van der Waals surface area contributed by atoms with Crippen LogP contribution >= 0.6 is 0 Å². The number of aldehydes is 1. The second-order valence-electron chi connectivity index (χ2n) is 4.32. The SMILES string of the molecule is O=Cc1cc2cc(O[C@H]3CCNC3)ccc2[nH]1. The molecule has 1 saturated heterocycles. The van der Waals surface area contributed by atoms with Gasteiger partial charge in [0.1, 0.15) is 11.9 Å². The Balaban J connectivity index is 1.87. The van der Waals surface area contributed by atoms with Gasteiger partial charge in [-0.05, 0) is 37.2 Å². The van der Waals surface area contributed by atoms with Crippen molar-refractivity contribution in [3.63, 3.8) is 0 Å². The van der Waals surface area contributed by atoms with Crippen LogP contribution in [-0.4, -0.2) is 30.5 Å². The van der Waals surface area contributed by atoms with Gasteiger partial charge in [0, 0.05) is 17.4 Å². The molecule has 3 rings (SSSR count). The van der Waals surface area contributed by atoms with E-state index in [0.29, 0.717) is 5.69 Å². The van der Waals surface area contributed by atoms with Crippen molar-refractivity contribution in [3.05, 3.63) is 30.0 Å². The standard InChI is InChI=1S/C13H14N2O2/c16-8-10-5-9-6-11(1-2-13(9)15-10)17-12-3-4-14-7-12/h1-2,5-6,8,12,14-15H,3-4,7H2/t12-/m0/s1. The second-order valence-corrected chi connectivity index (χ2v) is 4.32. The maximum Gasteiger partial charge on any atom is 0.166 e. The Labute approximate surface area is 99.0 Å². The molecule has 2 heterocycles. The fraction of sp³-hybridized carbons (Fsp3) is 0.308. The zero-order chi connectivity index (χ0) is 11.7. The smallest absolute Gasteiger partial charge is 0.166 e. The normalized spacial score (nSPS) is 19.6. The van der Waals surface area contributed by atoms with Crippen molar-refractivity contribution in [1.29, 1.82) is 0 Å². The zero-order valence-corrected chi connectivity index (χ0v) is 9.40. The molecule has 17 heavy (non-hydrogen) atoms. The molecule has 1 atom stereocenters. The number of ether oxygens (including phenoxy) is 1. The van der Waals surface area contributed by atoms with Gasteiger partial charge in [0.15, 0.2) is 6.29 Å². The monoisotopic (exact) mass is 230 g/mol. The maximum absolute atomic E-state index is 10.7. The lowest BCUT2D eigenvalue weighted by Crippen LogP contribution is -2.19. The Morgan fingerprint density at radius 2 is 2.29 bits per heavy atom. The van der Waals surface area contributed by atoms with Crippen LogP contribution in [0.3, 0.4) is 0 Å². The van der Waals surface area contributed by atoms with Gasteiger partial charge in [-0.1, -0.05) is 0 Å². The number of aromatic nitrogens is 1. The number of rotatable bonds is 3. The summed E-state index contributed by atoms with van der Waals surface area (Å²) in [6.45, 7) is 1.93. The van der Waals surface area contributed by atoms with Gasteiger partial charge in [0.05, 0.1) is 5.69 Å². The molecule has 2 N–H and O–H groups in total. The fourth-order valence-electron chi connectivity index (χ4n) is 2.19. The van der Waals surface area contributed by atoms with Gasteiger partial charge in [-0.2, -0.15) is 0 Å². The lowest BCUT2D eigenvalue weighted by Gasteiger charge is -2.12. The van der Waals surface area contributed by atoms with E-state index in [-0.39, 0.29) is 6.10 Å². The van der Waals surface area contributed by atoms with Gasteiger partial charge < -0.3 is 15.0 Å². The molecule has 4 nitrogen and oxygen atoms in total. The highest BCUT2D eigenvalue weighted by Crippen LogP contribution is 2.22. The van der Waals surface area contributed by atoms with E-state index >= 15 is 0 Å². The Bertz CT molecular complexity index is 541. The van der Waals surface area contributed by atoms with Gasteiger partial charge in [-0.15, -0.1) is 0 Å². The van der Waals surface area contributed by atoms with Gasteiger partial charge in [-0.25, -0.2) is 0 Å². The molecule has 1 aromatic heterocycles. The Kier molecular flexibility index (Phi) is 2.57. The molecule has 1 aromatic carbocycles. The summed E-state index contributed by atoms with van der Waals surface area (Å²) >= 11 is 0. The number of H-pyrrole nitrogens is 1. The molecular formula is C13H14N2O2. The number of fused-ring (bicyclic) bond motifs is 1. The lowest BCUT2D eigenvalue weighted by molar-refractivity contribution is 0.112. The number of carbonyl (C=O) groups excluding carboxylic acids is 1. The van der Waals surface area contributed by atoms with Crippen LogP contribution in [0.5, 0.6) is 5.75 Å². The van der Waals surface area contributed by atoms with E-state index in [1.807, 2.05) is 24.3 Å². The summed E-state index contributed by atoms with van der Waals surface area (Å²) in [6.07, 6.45) is 2.13. The summed E-state index contributed by atoms with van der Waals surface area (Å²) < 4.78 is 5.86. The molecular weight excluding hydrogens is 216 g/mol. The number of nitrogens with one attached hydrogen (secondary N) is 2. The van der Waals surface area contributed by atoms with E-state index in [9.17, 15) is 4.79 Å². The predicted molar refractivity (Wildman–Crippen MR) is 65.6 cm³/mol.